The fourth-order valence-corrected chi connectivity index (χ4v) is 1.88. The van der Waals surface area contributed by atoms with E-state index in [0.29, 0.717) is 12.5 Å². The van der Waals surface area contributed by atoms with Gasteiger partial charge < -0.3 is 11.1 Å². The minimum absolute atomic E-state index is 0.00468. The van der Waals surface area contributed by atoms with E-state index < -0.39 is 0 Å². The highest BCUT2D eigenvalue weighted by molar-refractivity contribution is 9.10. The molecule has 0 aliphatic heterocycles. The largest absolute Gasteiger partial charge is 0.329 e. The van der Waals surface area contributed by atoms with Gasteiger partial charge >= 0.3 is 0 Å². The van der Waals surface area contributed by atoms with Gasteiger partial charge in [-0.15, -0.1) is 0 Å². The van der Waals surface area contributed by atoms with Gasteiger partial charge in [0, 0.05) is 23.1 Å². The Morgan fingerprint density at radius 3 is 2.50 bits per heavy atom. The fraction of sp³-hybridized carbons (Fsp3) is 0.538. The average Bonchev–Trinajstić information content (AvgIpc) is 2.27. The van der Waals surface area contributed by atoms with E-state index in [9.17, 15) is 0 Å². The van der Waals surface area contributed by atoms with Gasteiger partial charge in [0.15, 0.2) is 0 Å². The van der Waals surface area contributed by atoms with Crippen molar-refractivity contribution in [2.24, 2.45) is 11.7 Å². The molecule has 0 aromatic heterocycles. The van der Waals surface area contributed by atoms with Crippen LogP contribution in [0.2, 0.25) is 0 Å². The van der Waals surface area contributed by atoms with Crippen LogP contribution in [0.15, 0.2) is 28.7 Å². The zero-order chi connectivity index (χ0) is 12.2. The summed E-state index contributed by atoms with van der Waals surface area (Å²) in [6.07, 6.45) is 0. The lowest BCUT2D eigenvalue weighted by Gasteiger charge is -2.34. The quantitative estimate of drug-likeness (QED) is 0.873. The van der Waals surface area contributed by atoms with Crippen LogP contribution in [0.25, 0.3) is 0 Å². The summed E-state index contributed by atoms with van der Waals surface area (Å²) in [7, 11) is 0. The molecule has 0 radical (unpaired) electrons. The SMILES string of the molecule is CC(C)C(C)(CN)NCc1ccccc1Br. The third-order valence-electron chi connectivity index (χ3n) is 3.34. The van der Waals surface area contributed by atoms with Crippen LogP contribution in [0.5, 0.6) is 0 Å². The fourth-order valence-electron chi connectivity index (χ4n) is 1.45. The Hall–Kier alpha value is -0.380. The number of nitrogens with one attached hydrogen (secondary N) is 1. The van der Waals surface area contributed by atoms with E-state index in [1.54, 1.807) is 0 Å². The van der Waals surface area contributed by atoms with Gasteiger partial charge in [-0.3, -0.25) is 0 Å². The molecule has 90 valence electrons. The molecule has 0 aliphatic carbocycles. The standard InChI is InChI=1S/C13H21BrN2/c1-10(2)13(3,9-15)16-8-11-6-4-5-7-12(11)14/h4-7,10,16H,8-9,15H2,1-3H3. The van der Waals surface area contributed by atoms with Crippen LogP contribution in [-0.2, 0) is 6.54 Å². The van der Waals surface area contributed by atoms with Crippen LogP contribution >= 0.6 is 15.9 Å². The van der Waals surface area contributed by atoms with Gasteiger partial charge in [0.05, 0.1) is 0 Å². The molecule has 1 atom stereocenters. The Balaban J connectivity index is 2.67. The molecule has 1 rings (SSSR count). The maximum Gasteiger partial charge on any atom is 0.0301 e. The molecule has 0 aliphatic rings. The second-order valence-electron chi connectivity index (χ2n) is 4.72. The normalized spacial score (nSPS) is 15.1. The Bertz CT molecular complexity index is 338. The first-order valence-electron chi connectivity index (χ1n) is 5.68. The van der Waals surface area contributed by atoms with Crippen LogP contribution in [0.1, 0.15) is 26.3 Å². The van der Waals surface area contributed by atoms with Crippen LogP contribution < -0.4 is 11.1 Å². The van der Waals surface area contributed by atoms with Gasteiger partial charge in [-0.2, -0.15) is 0 Å². The maximum atomic E-state index is 5.84. The number of rotatable bonds is 5. The number of halogens is 1. The van der Waals surface area contributed by atoms with Crippen molar-refractivity contribution in [2.75, 3.05) is 6.54 Å². The second-order valence-corrected chi connectivity index (χ2v) is 5.58. The monoisotopic (exact) mass is 284 g/mol. The highest BCUT2D eigenvalue weighted by Gasteiger charge is 2.25. The predicted octanol–water partition coefficient (Wildman–Crippen LogP) is 2.91. The molecule has 0 spiro atoms. The summed E-state index contributed by atoms with van der Waals surface area (Å²) in [5, 5.41) is 3.55. The molecular formula is C13H21BrN2. The van der Waals surface area contributed by atoms with Gasteiger partial charge in [0.1, 0.15) is 0 Å². The van der Waals surface area contributed by atoms with Crippen molar-refractivity contribution in [2.45, 2.75) is 32.9 Å². The lowest BCUT2D eigenvalue weighted by atomic mass is 9.88. The van der Waals surface area contributed by atoms with E-state index in [1.165, 1.54) is 5.56 Å². The molecule has 0 heterocycles. The molecule has 1 aromatic carbocycles. The van der Waals surface area contributed by atoms with Crippen molar-refractivity contribution in [3.05, 3.63) is 34.3 Å². The molecule has 3 N–H and O–H groups in total. The lowest BCUT2D eigenvalue weighted by molar-refractivity contribution is 0.267. The lowest BCUT2D eigenvalue weighted by Crippen LogP contribution is -2.52. The topological polar surface area (TPSA) is 38.0 Å². The highest BCUT2D eigenvalue weighted by Crippen LogP contribution is 2.19. The second kappa shape index (κ2) is 5.80. The molecule has 16 heavy (non-hydrogen) atoms. The van der Waals surface area contributed by atoms with Crippen molar-refractivity contribution in [3.8, 4) is 0 Å². The molecule has 1 unspecified atom stereocenters. The minimum Gasteiger partial charge on any atom is -0.329 e. The first-order valence-corrected chi connectivity index (χ1v) is 6.47. The molecule has 0 fully saturated rings. The van der Waals surface area contributed by atoms with Crippen LogP contribution in [0.4, 0.5) is 0 Å². The summed E-state index contributed by atoms with van der Waals surface area (Å²) in [5.41, 5.74) is 7.10. The Morgan fingerprint density at radius 1 is 1.38 bits per heavy atom. The molecule has 1 aromatic rings. The third-order valence-corrected chi connectivity index (χ3v) is 4.11. The number of benzene rings is 1. The van der Waals surface area contributed by atoms with E-state index in [1.807, 2.05) is 6.07 Å². The average molecular weight is 285 g/mol. The summed E-state index contributed by atoms with van der Waals surface area (Å²) in [4.78, 5) is 0. The molecule has 0 amide bonds. The Labute approximate surface area is 107 Å². The zero-order valence-corrected chi connectivity index (χ0v) is 11.8. The summed E-state index contributed by atoms with van der Waals surface area (Å²) < 4.78 is 1.14. The van der Waals surface area contributed by atoms with Crippen molar-refractivity contribution < 1.29 is 0 Å². The Kier molecular flexibility index (Phi) is 4.96. The van der Waals surface area contributed by atoms with Crippen molar-refractivity contribution in [3.63, 3.8) is 0 Å². The summed E-state index contributed by atoms with van der Waals surface area (Å²) in [5.74, 6) is 0.514. The van der Waals surface area contributed by atoms with Gasteiger partial charge in [0.2, 0.25) is 0 Å². The summed E-state index contributed by atoms with van der Waals surface area (Å²) in [6, 6.07) is 8.26. The number of hydrogen-bond donors (Lipinski definition) is 2. The van der Waals surface area contributed by atoms with E-state index in [0.717, 1.165) is 11.0 Å². The predicted molar refractivity (Wildman–Crippen MR) is 73.3 cm³/mol. The van der Waals surface area contributed by atoms with Crippen LogP contribution in [-0.4, -0.2) is 12.1 Å². The number of hydrogen-bond acceptors (Lipinski definition) is 2. The minimum atomic E-state index is -0.00468. The first-order chi connectivity index (χ1) is 7.49. The van der Waals surface area contributed by atoms with E-state index in [-0.39, 0.29) is 5.54 Å². The van der Waals surface area contributed by atoms with Crippen LogP contribution in [0, 0.1) is 5.92 Å². The molecule has 0 saturated carbocycles. The number of nitrogens with two attached hydrogens (primary N) is 1. The van der Waals surface area contributed by atoms with Gasteiger partial charge in [-0.05, 0) is 24.5 Å². The zero-order valence-electron chi connectivity index (χ0n) is 10.3. The van der Waals surface area contributed by atoms with E-state index in [4.69, 9.17) is 5.73 Å². The van der Waals surface area contributed by atoms with E-state index in [2.05, 4.69) is 60.2 Å². The van der Waals surface area contributed by atoms with Gasteiger partial charge in [-0.1, -0.05) is 48.0 Å². The van der Waals surface area contributed by atoms with E-state index >= 15 is 0 Å². The molecule has 2 nitrogen and oxygen atoms in total. The van der Waals surface area contributed by atoms with Crippen molar-refractivity contribution in [1.29, 1.82) is 0 Å². The maximum absolute atomic E-state index is 5.84. The summed E-state index contributed by atoms with van der Waals surface area (Å²) in [6.45, 7) is 8.05. The molecule has 0 saturated heterocycles. The molecule has 0 bridgehead atoms. The third kappa shape index (κ3) is 3.30. The van der Waals surface area contributed by atoms with Gasteiger partial charge in [-0.25, -0.2) is 0 Å². The smallest absolute Gasteiger partial charge is 0.0301 e. The molecule has 3 heteroatoms. The van der Waals surface area contributed by atoms with Crippen molar-refractivity contribution >= 4 is 15.9 Å². The van der Waals surface area contributed by atoms with Crippen molar-refractivity contribution in [1.82, 2.24) is 5.32 Å². The molecular weight excluding hydrogens is 264 g/mol. The van der Waals surface area contributed by atoms with Gasteiger partial charge in [0.25, 0.3) is 0 Å². The first kappa shape index (κ1) is 13.7. The summed E-state index contributed by atoms with van der Waals surface area (Å²) >= 11 is 3.55. The Morgan fingerprint density at radius 2 is 2.00 bits per heavy atom. The highest BCUT2D eigenvalue weighted by atomic mass is 79.9. The van der Waals surface area contributed by atoms with Crippen LogP contribution in [0.3, 0.4) is 0 Å².